The number of hydrogen-bond acceptors (Lipinski definition) is 3. The Morgan fingerprint density at radius 1 is 1.56 bits per heavy atom. The summed E-state index contributed by atoms with van der Waals surface area (Å²) in [6.07, 6.45) is 4.97. The van der Waals surface area contributed by atoms with E-state index in [-0.39, 0.29) is 0 Å². The van der Waals surface area contributed by atoms with E-state index in [2.05, 4.69) is 28.2 Å². The third kappa shape index (κ3) is 4.28. The molecular weight excluding hydrogens is 270 g/mol. The van der Waals surface area contributed by atoms with Gasteiger partial charge in [0.1, 0.15) is 0 Å². The van der Waals surface area contributed by atoms with Crippen molar-refractivity contribution in [1.29, 1.82) is 0 Å². The summed E-state index contributed by atoms with van der Waals surface area (Å²) in [5.74, 6) is 0. The number of furan rings is 1. The van der Waals surface area contributed by atoms with E-state index < -0.39 is 0 Å². The van der Waals surface area contributed by atoms with Gasteiger partial charge >= 0.3 is 0 Å². The van der Waals surface area contributed by atoms with Crippen molar-refractivity contribution >= 4 is 15.9 Å². The quantitative estimate of drug-likeness (QED) is 0.744. The van der Waals surface area contributed by atoms with E-state index in [4.69, 9.17) is 9.15 Å². The van der Waals surface area contributed by atoms with Gasteiger partial charge in [-0.15, -0.1) is 0 Å². The minimum absolute atomic E-state index is 0.350. The predicted molar refractivity (Wildman–Crippen MR) is 68.6 cm³/mol. The van der Waals surface area contributed by atoms with Crippen LogP contribution in [0.1, 0.15) is 37.8 Å². The largest absolute Gasteiger partial charge is 0.457 e. The molecule has 0 amide bonds. The summed E-state index contributed by atoms with van der Waals surface area (Å²) in [6, 6.07) is 2.37. The van der Waals surface area contributed by atoms with Crippen LogP contribution in [0, 0.1) is 0 Å². The Balaban J connectivity index is 2.53. The van der Waals surface area contributed by atoms with Crippen LogP contribution in [0.4, 0.5) is 0 Å². The number of ether oxygens (including phenoxy) is 1. The van der Waals surface area contributed by atoms with Crippen LogP contribution in [0.2, 0.25) is 0 Å². The van der Waals surface area contributed by atoms with Crippen LogP contribution < -0.4 is 5.32 Å². The molecule has 1 aromatic rings. The Kier molecular flexibility index (Phi) is 6.76. The lowest BCUT2D eigenvalue weighted by Crippen LogP contribution is -2.22. The van der Waals surface area contributed by atoms with Crippen LogP contribution >= 0.6 is 15.9 Å². The maximum atomic E-state index is 5.28. The van der Waals surface area contributed by atoms with Gasteiger partial charge in [-0.2, -0.15) is 0 Å². The van der Waals surface area contributed by atoms with E-state index in [0.29, 0.717) is 6.04 Å². The second kappa shape index (κ2) is 7.87. The van der Waals surface area contributed by atoms with Crippen LogP contribution in [0.25, 0.3) is 0 Å². The van der Waals surface area contributed by atoms with Gasteiger partial charge in [-0.3, -0.25) is 0 Å². The Morgan fingerprint density at radius 2 is 2.38 bits per heavy atom. The Labute approximate surface area is 106 Å². The molecule has 0 aliphatic heterocycles. The van der Waals surface area contributed by atoms with E-state index in [9.17, 15) is 0 Å². The van der Waals surface area contributed by atoms with Gasteiger partial charge in [-0.1, -0.05) is 6.92 Å². The minimum Gasteiger partial charge on any atom is -0.457 e. The van der Waals surface area contributed by atoms with Gasteiger partial charge < -0.3 is 14.5 Å². The molecule has 16 heavy (non-hydrogen) atoms. The molecule has 92 valence electrons. The molecule has 0 radical (unpaired) electrons. The molecule has 0 aliphatic rings. The molecule has 1 heterocycles. The summed E-state index contributed by atoms with van der Waals surface area (Å²) in [6.45, 7) is 4.00. The van der Waals surface area contributed by atoms with Gasteiger partial charge in [-0.25, -0.2) is 0 Å². The summed E-state index contributed by atoms with van der Waals surface area (Å²) in [5.41, 5.74) is 1.20. The predicted octanol–water partition coefficient (Wildman–Crippen LogP) is 3.51. The van der Waals surface area contributed by atoms with Gasteiger partial charge in [0.25, 0.3) is 0 Å². The zero-order valence-corrected chi connectivity index (χ0v) is 11.5. The third-order valence-electron chi connectivity index (χ3n) is 2.50. The molecular formula is C12H20BrNO2. The smallest absolute Gasteiger partial charge is 0.173 e. The molecule has 0 aliphatic carbocycles. The van der Waals surface area contributed by atoms with Gasteiger partial charge in [0.2, 0.25) is 0 Å². The highest BCUT2D eigenvalue weighted by atomic mass is 79.9. The lowest BCUT2D eigenvalue weighted by Gasteiger charge is -2.17. The van der Waals surface area contributed by atoms with Crippen molar-refractivity contribution in [3.8, 4) is 0 Å². The first-order chi connectivity index (χ1) is 7.79. The number of methoxy groups -OCH3 is 1. The van der Waals surface area contributed by atoms with E-state index in [1.807, 2.05) is 6.07 Å². The van der Waals surface area contributed by atoms with E-state index in [1.54, 1.807) is 13.4 Å². The summed E-state index contributed by atoms with van der Waals surface area (Å²) < 4.78 is 11.2. The molecule has 0 aromatic carbocycles. The fourth-order valence-corrected chi connectivity index (χ4v) is 2.19. The number of halogens is 1. The van der Waals surface area contributed by atoms with Crippen molar-refractivity contribution in [1.82, 2.24) is 5.32 Å². The SMILES string of the molecule is CCCNC(CCCOC)c1ccoc1Br. The Bertz CT molecular complexity index is 288. The molecule has 3 nitrogen and oxygen atoms in total. The highest BCUT2D eigenvalue weighted by Crippen LogP contribution is 2.27. The van der Waals surface area contributed by atoms with Crippen molar-refractivity contribution < 1.29 is 9.15 Å². The van der Waals surface area contributed by atoms with Gasteiger partial charge in [0.15, 0.2) is 4.67 Å². The lowest BCUT2D eigenvalue weighted by molar-refractivity contribution is 0.188. The maximum Gasteiger partial charge on any atom is 0.173 e. The molecule has 0 saturated carbocycles. The molecule has 4 heteroatoms. The molecule has 0 spiro atoms. The lowest BCUT2D eigenvalue weighted by atomic mass is 10.1. The minimum atomic E-state index is 0.350. The van der Waals surface area contributed by atoms with E-state index in [1.165, 1.54) is 5.56 Å². The topological polar surface area (TPSA) is 34.4 Å². The third-order valence-corrected chi connectivity index (χ3v) is 3.15. The van der Waals surface area contributed by atoms with E-state index in [0.717, 1.165) is 37.1 Å². The molecule has 1 N–H and O–H groups in total. The molecule has 1 aromatic heterocycles. The second-order valence-corrected chi connectivity index (χ2v) is 4.51. The van der Waals surface area contributed by atoms with Crippen LogP contribution in [-0.2, 0) is 4.74 Å². The van der Waals surface area contributed by atoms with Crippen molar-refractivity contribution in [2.45, 2.75) is 32.2 Å². The fourth-order valence-electron chi connectivity index (χ4n) is 1.67. The first-order valence-electron chi connectivity index (χ1n) is 5.74. The van der Waals surface area contributed by atoms with Crippen molar-refractivity contribution in [2.75, 3.05) is 20.3 Å². The van der Waals surface area contributed by atoms with Crippen molar-refractivity contribution in [3.05, 3.63) is 22.6 Å². The first kappa shape index (κ1) is 13.7. The number of nitrogens with one attached hydrogen (secondary N) is 1. The number of rotatable bonds is 8. The van der Waals surface area contributed by atoms with Crippen LogP contribution in [0.5, 0.6) is 0 Å². The average Bonchev–Trinajstić information content (AvgIpc) is 2.70. The number of hydrogen-bond donors (Lipinski definition) is 1. The molecule has 0 saturated heterocycles. The van der Waals surface area contributed by atoms with Gasteiger partial charge in [0, 0.05) is 25.3 Å². The Hall–Kier alpha value is -0.320. The highest BCUT2D eigenvalue weighted by molar-refractivity contribution is 9.10. The zero-order valence-electron chi connectivity index (χ0n) is 9.96. The molecule has 1 rings (SSSR count). The first-order valence-corrected chi connectivity index (χ1v) is 6.54. The zero-order chi connectivity index (χ0) is 11.8. The summed E-state index contributed by atoms with van der Waals surface area (Å²) in [4.78, 5) is 0. The monoisotopic (exact) mass is 289 g/mol. The van der Waals surface area contributed by atoms with Crippen LogP contribution in [0.15, 0.2) is 21.4 Å². The van der Waals surface area contributed by atoms with Crippen molar-refractivity contribution in [3.63, 3.8) is 0 Å². The molecule has 0 fully saturated rings. The average molecular weight is 290 g/mol. The van der Waals surface area contributed by atoms with Crippen LogP contribution in [0.3, 0.4) is 0 Å². The van der Waals surface area contributed by atoms with Gasteiger partial charge in [-0.05, 0) is 47.8 Å². The molecule has 0 bridgehead atoms. The summed E-state index contributed by atoms with van der Waals surface area (Å²) >= 11 is 3.43. The van der Waals surface area contributed by atoms with E-state index >= 15 is 0 Å². The molecule has 1 unspecified atom stereocenters. The Morgan fingerprint density at radius 3 is 2.94 bits per heavy atom. The molecule has 1 atom stereocenters. The highest BCUT2D eigenvalue weighted by Gasteiger charge is 2.15. The van der Waals surface area contributed by atoms with Gasteiger partial charge in [0.05, 0.1) is 6.26 Å². The summed E-state index contributed by atoms with van der Waals surface area (Å²) in [5, 5.41) is 3.53. The normalized spacial score (nSPS) is 12.9. The summed E-state index contributed by atoms with van der Waals surface area (Å²) in [7, 11) is 1.74. The van der Waals surface area contributed by atoms with Crippen LogP contribution in [-0.4, -0.2) is 20.3 Å². The fraction of sp³-hybridized carbons (Fsp3) is 0.667. The standard InChI is InChI=1S/C12H20BrNO2/c1-3-7-14-11(5-4-8-15-2)10-6-9-16-12(10)13/h6,9,11,14H,3-5,7-8H2,1-2H3. The second-order valence-electron chi connectivity index (χ2n) is 3.79. The maximum absolute atomic E-state index is 5.28. The van der Waals surface area contributed by atoms with Crippen molar-refractivity contribution in [2.24, 2.45) is 0 Å².